The molecule has 0 bridgehead atoms. The number of carbonyl (C=O) groups excluding carboxylic acids is 3. The second kappa shape index (κ2) is 13.4. The van der Waals surface area contributed by atoms with Crippen molar-refractivity contribution in [2.24, 2.45) is 0 Å². The molecule has 1 spiro atoms. The van der Waals surface area contributed by atoms with Crippen LogP contribution < -0.4 is 9.62 Å². The van der Waals surface area contributed by atoms with Gasteiger partial charge in [0.2, 0.25) is 21.8 Å². The third-order valence-corrected chi connectivity index (χ3v) is 9.84. The van der Waals surface area contributed by atoms with E-state index < -0.39 is 39.1 Å². The van der Waals surface area contributed by atoms with E-state index >= 15 is 0 Å². The van der Waals surface area contributed by atoms with Gasteiger partial charge in [-0.3, -0.25) is 13.9 Å². The number of amides is 3. The Bertz CT molecular complexity index is 1580. The van der Waals surface area contributed by atoms with E-state index in [0.29, 0.717) is 56.7 Å². The molecule has 12 heteroatoms. The molecule has 11 nitrogen and oxygen atoms in total. The molecule has 46 heavy (non-hydrogen) atoms. The molecule has 2 aromatic rings. The summed E-state index contributed by atoms with van der Waals surface area (Å²) in [7, 11) is -3.46. The van der Waals surface area contributed by atoms with Gasteiger partial charge in [0, 0.05) is 37.2 Å². The number of anilines is 1. The van der Waals surface area contributed by atoms with E-state index in [2.05, 4.69) is 5.32 Å². The van der Waals surface area contributed by atoms with Gasteiger partial charge in [-0.05, 0) is 57.2 Å². The number of hydrogen-bond donors (Lipinski definition) is 1. The third-order valence-electron chi connectivity index (χ3n) is 8.72. The van der Waals surface area contributed by atoms with Crippen LogP contribution in [-0.2, 0) is 41.1 Å². The Morgan fingerprint density at radius 1 is 0.957 bits per heavy atom. The van der Waals surface area contributed by atoms with E-state index in [1.165, 1.54) is 15.5 Å². The first-order chi connectivity index (χ1) is 21.8. The van der Waals surface area contributed by atoms with Crippen molar-refractivity contribution in [2.75, 3.05) is 49.9 Å². The fourth-order valence-corrected chi connectivity index (χ4v) is 7.37. The van der Waals surface area contributed by atoms with Crippen molar-refractivity contribution < 1.29 is 32.3 Å². The van der Waals surface area contributed by atoms with E-state index in [1.807, 2.05) is 54.6 Å². The molecule has 3 amide bonds. The summed E-state index contributed by atoms with van der Waals surface area (Å²) in [5, 5.41) is 2.89. The molecule has 0 radical (unpaired) electrons. The zero-order chi connectivity index (χ0) is 33.1. The number of sulfonamides is 1. The molecular weight excluding hydrogens is 608 g/mol. The first kappa shape index (κ1) is 33.5. The van der Waals surface area contributed by atoms with Crippen LogP contribution in [0.4, 0.5) is 10.5 Å². The van der Waals surface area contributed by atoms with Gasteiger partial charge in [-0.15, -0.1) is 0 Å². The summed E-state index contributed by atoms with van der Waals surface area (Å²) in [6.07, 6.45) is 4.18. The van der Waals surface area contributed by atoms with Gasteiger partial charge in [-0.2, -0.15) is 0 Å². The van der Waals surface area contributed by atoms with Gasteiger partial charge >= 0.3 is 6.09 Å². The van der Waals surface area contributed by atoms with Crippen molar-refractivity contribution in [2.45, 2.75) is 63.7 Å². The fraction of sp³-hybridized carbons (Fsp3) is 0.500. The lowest BCUT2D eigenvalue weighted by Gasteiger charge is -2.41. The Labute approximate surface area is 271 Å². The first-order valence-electron chi connectivity index (χ1n) is 15.7. The molecule has 5 rings (SSSR count). The van der Waals surface area contributed by atoms with Crippen molar-refractivity contribution in [3.63, 3.8) is 0 Å². The van der Waals surface area contributed by atoms with Crippen molar-refractivity contribution in [3.05, 3.63) is 77.4 Å². The van der Waals surface area contributed by atoms with Gasteiger partial charge in [0.1, 0.15) is 11.6 Å². The number of carbonyl (C=O) groups is 3. The number of nitrogens with zero attached hydrogens (tertiary/aromatic N) is 3. The third kappa shape index (κ3) is 7.72. The normalized spacial score (nSPS) is 18.5. The van der Waals surface area contributed by atoms with Gasteiger partial charge in [0.25, 0.3) is 0 Å². The molecule has 1 fully saturated rings. The molecule has 3 heterocycles. The molecule has 2 aromatic carbocycles. The van der Waals surface area contributed by atoms with Crippen LogP contribution in [-0.4, -0.2) is 93.4 Å². The van der Waals surface area contributed by atoms with Crippen LogP contribution in [0.3, 0.4) is 0 Å². The molecule has 3 aliphatic heterocycles. The summed E-state index contributed by atoms with van der Waals surface area (Å²) in [6.45, 7) is 7.29. The second-order valence-corrected chi connectivity index (χ2v) is 15.2. The average molecular weight is 653 g/mol. The molecule has 1 N–H and O–H groups in total. The van der Waals surface area contributed by atoms with Crippen LogP contribution in [0, 0.1) is 0 Å². The van der Waals surface area contributed by atoms with Gasteiger partial charge in [0.15, 0.2) is 0 Å². The highest BCUT2D eigenvalue weighted by Gasteiger charge is 2.48. The van der Waals surface area contributed by atoms with E-state index in [-0.39, 0.29) is 25.7 Å². The highest BCUT2D eigenvalue weighted by molar-refractivity contribution is 7.92. The van der Waals surface area contributed by atoms with Crippen LogP contribution in [0.5, 0.6) is 0 Å². The summed E-state index contributed by atoms with van der Waals surface area (Å²) >= 11 is 0. The van der Waals surface area contributed by atoms with Crippen molar-refractivity contribution in [1.82, 2.24) is 15.1 Å². The summed E-state index contributed by atoms with van der Waals surface area (Å²) in [4.78, 5) is 43.4. The van der Waals surface area contributed by atoms with Crippen LogP contribution in [0.1, 0.15) is 51.2 Å². The SMILES string of the molecule is CC(C)(C)OC(=O)N1CCC=C(C(=O)N[C@H](COCc2ccccc2)C(=O)N2CCC3(CC2)CN(S(C)(=O)=O)c2ccccc23)C1. The molecular formula is C34H44N4O7S. The maximum atomic E-state index is 14.0. The monoisotopic (exact) mass is 652 g/mol. The van der Waals surface area contributed by atoms with Crippen molar-refractivity contribution in [1.29, 1.82) is 0 Å². The van der Waals surface area contributed by atoms with E-state index in [9.17, 15) is 22.8 Å². The Hall–Kier alpha value is -3.90. The summed E-state index contributed by atoms with van der Waals surface area (Å²) in [5.41, 5.74) is 1.96. The Kier molecular flexibility index (Phi) is 9.78. The van der Waals surface area contributed by atoms with E-state index in [4.69, 9.17) is 9.47 Å². The predicted octanol–water partition coefficient (Wildman–Crippen LogP) is 3.60. The van der Waals surface area contributed by atoms with Gasteiger partial charge < -0.3 is 24.6 Å². The minimum absolute atomic E-state index is 0.0329. The molecule has 1 saturated heterocycles. The fourth-order valence-electron chi connectivity index (χ4n) is 6.37. The lowest BCUT2D eigenvalue weighted by atomic mass is 9.74. The quantitative estimate of drug-likeness (QED) is 0.462. The van der Waals surface area contributed by atoms with Crippen LogP contribution in [0.25, 0.3) is 0 Å². The molecule has 0 unspecified atom stereocenters. The number of ether oxygens (including phenoxy) is 2. The molecule has 0 aliphatic carbocycles. The largest absolute Gasteiger partial charge is 0.444 e. The summed E-state index contributed by atoms with van der Waals surface area (Å²) in [6, 6.07) is 16.2. The molecule has 0 aromatic heterocycles. The van der Waals surface area contributed by atoms with Crippen molar-refractivity contribution in [3.8, 4) is 0 Å². The van der Waals surface area contributed by atoms with Crippen molar-refractivity contribution >= 4 is 33.6 Å². The Balaban J connectivity index is 1.28. The van der Waals surface area contributed by atoms with Crippen LogP contribution in [0.15, 0.2) is 66.2 Å². The topological polar surface area (TPSA) is 126 Å². The maximum Gasteiger partial charge on any atom is 0.410 e. The lowest BCUT2D eigenvalue weighted by molar-refractivity contribution is -0.139. The molecule has 248 valence electrons. The number of para-hydroxylation sites is 1. The minimum Gasteiger partial charge on any atom is -0.444 e. The van der Waals surface area contributed by atoms with Gasteiger partial charge in [-0.25, -0.2) is 13.2 Å². The van der Waals surface area contributed by atoms with E-state index in [0.717, 1.165) is 11.1 Å². The van der Waals surface area contributed by atoms with Gasteiger partial charge in [0.05, 0.1) is 31.7 Å². The molecule has 1 atom stereocenters. The van der Waals surface area contributed by atoms with Crippen LogP contribution in [0.2, 0.25) is 0 Å². The molecule has 0 saturated carbocycles. The second-order valence-electron chi connectivity index (χ2n) is 13.3. The minimum atomic E-state index is -3.46. The first-order valence-corrected chi connectivity index (χ1v) is 17.6. The van der Waals surface area contributed by atoms with Crippen LogP contribution >= 0.6 is 0 Å². The summed E-state index contributed by atoms with van der Waals surface area (Å²) in [5.74, 6) is -0.695. The number of piperidine rings is 1. The average Bonchev–Trinajstić information content (AvgIpc) is 3.34. The highest BCUT2D eigenvalue weighted by Crippen LogP contribution is 2.47. The number of rotatable bonds is 8. The zero-order valence-corrected chi connectivity index (χ0v) is 27.8. The Morgan fingerprint density at radius 2 is 1.63 bits per heavy atom. The highest BCUT2D eigenvalue weighted by atomic mass is 32.2. The number of nitrogens with one attached hydrogen (secondary N) is 1. The number of benzene rings is 2. The Morgan fingerprint density at radius 3 is 2.30 bits per heavy atom. The number of fused-ring (bicyclic) bond motifs is 2. The maximum absolute atomic E-state index is 14.0. The standard InChI is InChI=1S/C34H44N4O7S/c1-33(2,3)45-32(41)37-18-10-13-26(21-37)30(39)35-28(23-44-22-25-11-6-5-7-12-25)31(40)36-19-16-34(17-20-36)24-38(46(4,42)43)29-15-9-8-14-27(29)34/h5-9,11-15,28H,10,16-24H2,1-4H3,(H,35,39)/t28-/m1/s1. The predicted molar refractivity (Wildman–Crippen MR) is 175 cm³/mol. The number of hydrogen-bond acceptors (Lipinski definition) is 7. The molecule has 3 aliphatic rings. The zero-order valence-electron chi connectivity index (χ0n) is 27.0. The smallest absolute Gasteiger partial charge is 0.410 e. The van der Waals surface area contributed by atoms with Gasteiger partial charge in [-0.1, -0.05) is 54.6 Å². The number of likely N-dealkylation sites (tertiary alicyclic amines) is 1. The van der Waals surface area contributed by atoms with E-state index in [1.54, 1.807) is 31.7 Å². The lowest BCUT2D eigenvalue weighted by Crippen LogP contribution is -2.55. The summed E-state index contributed by atoms with van der Waals surface area (Å²) < 4.78 is 38.1.